The highest BCUT2D eigenvalue weighted by Gasteiger charge is 2.08. The van der Waals surface area contributed by atoms with Crippen LogP contribution in [0.2, 0.25) is 0 Å². The van der Waals surface area contributed by atoms with Crippen molar-refractivity contribution in [3.8, 4) is 0 Å². The van der Waals surface area contributed by atoms with Crippen molar-refractivity contribution in [1.82, 2.24) is 0 Å². The fourth-order valence-electron chi connectivity index (χ4n) is 2.37. The van der Waals surface area contributed by atoms with Gasteiger partial charge in [0.15, 0.2) is 0 Å². The molecule has 0 saturated heterocycles. The quantitative estimate of drug-likeness (QED) is 0.552. The van der Waals surface area contributed by atoms with Gasteiger partial charge in [-0.05, 0) is 46.0 Å². The Hall–Kier alpha value is -2.00. The van der Waals surface area contributed by atoms with Gasteiger partial charge in [0.05, 0.1) is 5.56 Å². The molecule has 0 radical (unpaired) electrons. The molecule has 0 aliphatic carbocycles. The Labute approximate surface area is 115 Å². The molecule has 0 amide bonds. The van der Waals surface area contributed by atoms with Crippen LogP contribution in [0.25, 0.3) is 21.5 Å². The largest absolute Gasteiger partial charge is 0.478 e. The maximum atomic E-state index is 11.1. The number of carboxylic acid groups (broad SMARTS) is 1. The first-order valence-electron chi connectivity index (χ1n) is 5.93. The van der Waals surface area contributed by atoms with Crippen LogP contribution >= 0.6 is 11.8 Å². The summed E-state index contributed by atoms with van der Waals surface area (Å²) in [5.41, 5.74) is 0.328. The van der Waals surface area contributed by atoms with Crippen molar-refractivity contribution in [3.05, 3.63) is 54.1 Å². The topological polar surface area (TPSA) is 37.3 Å². The molecule has 0 bridgehead atoms. The first-order valence-corrected chi connectivity index (χ1v) is 7.16. The molecule has 0 fully saturated rings. The lowest BCUT2D eigenvalue weighted by Gasteiger charge is -2.09. The van der Waals surface area contributed by atoms with E-state index in [1.165, 1.54) is 10.3 Å². The maximum absolute atomic E-state index is 11.1. The van der Waals surface area contributed by atoms with Crippen molar-refractivity contribution >= 4 is 39.3 Å². The summed E-state index contributed by atoms with van der Waals surface area (Å²) in [6.07, 6.45) is 2.05. The van der Waals surface area contributed by atoms with E-state index >= 15 is 0 Å². The molecule has 3 rings (SSSR count). The van der Waals surface area contributed by atoms with Gasteiger partial charge in [0, 0.05) is 4.90 Å². The van der Waals surface area contributed by atoms with Crippen LogP contribution in [0.15, 0.2) is 53.4 Å². The van der Waals surface area contributed by atoms with Gasteiger partial charge in [0.2, 0.25) is 0 Å². The van der Waals surface area contributed by atoms with E-state index in [4.69, 9.17) is 5.11 Å². The molecular formula is C16H12O2S. The molecule has 0 aliphatic rings. The Morgan fingerprint density at radius 3 is 2.42 bits per heavy atom. The third-order valence-electron chi connectivity index (χ3n) is 3.29. The van der Waals surface area contributed by atoms with Crippen LogP contribution in [-0.4, -0.2) is 17.3 Å². The summed E-state index contributed by atoms with van der Waals surface area (Å²) in [6.45, 7) is 0. The minimum atomic E-state index is -0.889. The highest BCUT2D eigenvalue weighted by Crippen LogP contribution is 2.33. The molecule has 0 aromatic heterocycles. The van der Waals surface area contributed by atoms with Gasteiger partial charge < -0.3 is 5.11 Å². The highest BCUT2D eigenvalue weighted by molar-refractivity contribution is 7.98. The average molecular weight is 268 g/mol. The summed E-state index contributed by atoms with van der Waals surface area (Å²) >= 11 is 1.71. The van der Waals surface area contributed by atoms with Gasteiger partial charge in [-0.15, -0.1) is 11.8 Å². The van der Waals surface area contributed by atoms with Crippen molar-refractivity contribution in [2.24, 2.45) is 0 Å². The second-order valence-corrected chi connectivity index (χ2v) is 5.21. The zero-order valence-corrected chi connectivity index (χ0v) is 11.2. The number of carbonyl (C=O) groups is 1. The van der Waals surface area contributed by atoms with Crippen LogP contribution < -0.4 is 0 Å². The predicted octanol–water partition coefficient (Wildman–Crippen LogP) is 4.41. The number of aromatic carboxylic acids is 1. The van der Waals surface area contributed by atoms with Crippen LogP contribution in [-0.2, 0) is 0 Å². The Balaban J connectivity index is 2.47. The minimum absolute atomic E-state index is 0.328. The molecule has 0 heterocycles. The van der Waals surface area contributed by atoms with Crippen LogP contribution in [0.5, 0.6) is 0 Å². The van der Waals surface area contributed by atoms with Crippen LogP contribution in [0.3, 0.4) is 0 Å². The van der Waals surface area contributed by atoms with Crippen molar-refractivity contribution in [2.75, 3.05) is 6.26 Å². The zero-order chi connectivity index (χ0) is 13.4. The molecule has 0 aliphatic heterocycles. The fraction of sp³-hybridized carbons (Fsp3) is 0.0625. The van der Waals surface area contributed by atoms with Gasteiger partial charge >= 0.3 is 5.97 Å². The fourth-order valence-corrected chi connectivity index (χ4v) is 3.01. The SMILES string of the molecule is CSc1cc2ccc(C(=O)O)cc2c2ccccc12. The smallest absolute Gasteiger partial charge is 0.335 e. The van der Waals surface area contributed by atoms with E-state index in [0.717, 1.165) is 16.2 Å². The van der Waals surface area contributed by atoms with E-state index in [9.17, 15) is 4.79 Å². The Morgan fingerprint density at radius 2 is 1.74 bits per heavy atom. The monoisotopic (exact) mass is 268 g/mol. The molecule has 1 N–H and O–H groups in total. The second-order valence-electron chi connectivity index (χ2n) is 4.37. The zero-order valence-electron chi connectivity index (χ0n) is 10.4. The molecule has 0 unspecified atom stereocenters. The van der Waals surface area contributed by atoms with E-state index in [-0.39, 0.29) is 0 Å². The van der Waals surface area contributed by atoms with E-state index < -0.39 is 5.97 Å². The number of thioether (sulfide) groups is 1. The van der Waals surface area contributed by atoms with Gasteiger partial charge in [-0.1, -0.05) is 30.3 Å². The number of fused-ring (bicyclic) bond motifs is 3. The molecule has 0 atom stereocenters. The number of hydrogen-bond donors (Lipinski definition) is 1. The number of carboxylic acids is 1. The lowest BCUT2D eigenvalue weighted by Crippen LogP contribution is -1.95. The number of rotatable bonds is 2. The summed E-state index contributed by atoms with van der Waals surface area (Å²) < 4.78 is 0. The van der Waals surface area contributed by atoms with E-state index in [1.807, 2.05) is 24.3 Å². The second kappa shape index (κ2) is 4.59. The molecule has 0 spiro atoms. The van der Waals surface area contributed by atoms with Gasteiger partial charge in [-0.3, -0.25) is 0 Å². The Kier molecular flexibility index (Phi) is 2.91. The molecule has 0 saturated carbocycles. The minimum Gasteiger partial charge on any atom is -0.478 e. The summed E-state index contributed by atoms with van der Waals surface area (Å²) in [6, 6.07) is 15.5. The highest BCUT2D eigenvalue weighted by atomic mass is 32.2. The molecule has 94 valence electrons. The first kappa shape index (κ1) is 12.1. The third-order valence-corrected chi connectivity index (χ3v) is 4.07. The maximum Gasteiger partial charge on any atom is 0.335 e. The molecule has 3 aromatic carbocycles. The van der Waals surface area contributed by atoms with Crippen molar-refractivity contribution < 1.29 is 9.90 Å². The molecule has 3 heteroatoms. The molecule has 3 aromatic rings. The Morgan fingerprint density at radius 1 is 1.00 bits per heavy atom. The van der Waals surface area contributed by atoms with Crippen LogP contribution in [0, 0.1) is 0 Å². The lowest BCUT2D eigenvalue weighted by molar-refractivity contribution is 0.0697. The average Bonchev–Trinajstić information content (AvgIpc) is 2.45. The normalized spacial score (nSPS) is 11.0. The van der Waals surface area contributed by atoms with E-state index in [1.54, 1.807) is 23.9 Å². The predicted molar refractivity (Wildman–Crippen MR) is 80.2 cm³/mol. The third kappa shape index (κ3) is 1.96. The summed E-state index contributed by atoms with van der Waals surface area (Å²) in [4.78, 5) is 12.3. The number of benzene rings is 3. The van der Waals surface area contributed by atoms with E-state index in [2.05, 4.69) is 18.4 Å². The van der Waals surface area contributed by atoms with Gasteiger partial charge in [0.1, 0.15) is 0 Å². The summed E-state index contributed by atoms with van der Waals surface area (Å²) in [7, 11) is 0. The van der Waals surface area contributed by atoms with Crippen LogP contribution in [0.4, 0.5) is 0 Å². The van der Waals surface area contributed by atoms with Gasteiger partial charge in [-0.25, -0.2) is 4.79 Å². The molecular weight excluding hydrogens is 256 g/mol. The molecule has 19 heavy (non-hydrogen) atoms. The van der Waals surface area contributed by atoms with Gasteiger partial charge in [0.25, 0.3) is 0 Å². The van der Waals surface area contributed by atoms with E-state index in [0.29, 0.717) is 5.56 Å². The lowest BCUT2D eigenvalue weighted by atomic mass is 10.00. The van der Waals surface area contributed by atoms with Crippen molar-refractivity contribution in [2.45, 2.75) is 4.90 Å². The van der Waals surface area contributed by atoms with Gasteiger partial charge in [-0.2, -0.15) is 0 Å². The summed E-state index contributed by atoms with van der Waals surface area (Å²) in [5, 5.41) is 13.5. The Bertz CT molecular complexity index is 793. The van der Waals surface area contributed by atoms with Crippen molar-refractivity contribution in [3.63, 3.8) is 0 Å². The molecule has 2 nitrogen and oxygen atoms in total. The van der Waals surface area contributed by atoms with Crippen molar-refractivity contribution in [1.29, 1.82) is 0 Å². The summed E-state index contributed by atoms with van der Waals surface area (Å²) in [5.74, 6) is -0.889. The van der Waals surface area contributed by atoms with Crippen LogP contribution in [0.1, 0.15) is 10.4 Å². The number of hydrogen-bond acceptors (Lipinski definition) is 2. The first-order chi connectivity index (χ1) is 9.20. The standard InChI is InChI=1S/C16H12O2S/c1-19-15-9-10-6-7-11(16(17)18)8-14(10)12-4-2-3-5-13(12)15/h2-9H,1H3,(H,17,18).